The fourth-order valence-electron chi connectivity index (χ4n) is 1.78. The van der Waals surface area contributed by atoms with Gasteiger partial charge in [0.05, 0.1) is 0 Å². The Morgan fingerprint density at radius 1 is 1.25 bits per heavy atom. The van der Waals surface area contributed by atoms with Gasteiger partial charge in [-0.25, -0.2) is 10.8 Å². The van der Waals surface area contributed by atoms with E-state index in [1.165, 1.54) is 5.56 Å². The van der Waals surface area contributed by atoms with E-state index in [0.717, 1.165) is 12.2 Å². The van der Waals surface area contributed by atoms with E-state index in [2.05, 4.69) is 28.4 Å². The molecule has 0 fully saturated rings. The zero-order valence-electron chi connectivity index (χ0n) is 12.1. The summed E-state index contributed by atoms with van der Waals surface area (Å²) in [4.78, 5) is 8.70. The van der Waals surface area contributed by atoms with Crippen molar-refractivity contribution < 1.29 is 4.74 Å². The molecule has 1 heterocycles. The molecule has 0 saturated heterocycles. The average molecular weight is 272 g/mol. The van der Waals surface area contributed by atoms with Gasteiger partial charge in [-0.3, -0.25) is 0 Å². The highest BCUT2D eigenvalue weighted by Gasteiger charge is 2.09. The van der Waals surface area contributed by atoms with Gasteiger partial charge in [0.25, 0.3) is 0 Å². The van der Waals surface area contributed by atoms with Gasteiger partial charge in [0.1, 0.15) is 17.4 Å². The highest BCUT2D eigenvalue weighted by atomic mass is 16.5. The lowest BCUT2D eigenvalue weighted by molar-refractivity contribution is 0.457. The molecule has 20 heavy (non-hydrogen) atoms. The molecule has 0 bridgehead atoms. The Kier molecular flexibility index (Phi) is 4.53. The lowest BCUT2D eigenvalue weighted by Gasteiger charge is -2.11. The van der Waals surface area contributed by atoms with Crippen molar-refractivity contribution in [2.45, 2.75) is 33.1 Å². The van der Waals surface area contributed by atoms with E-state index in [9.17, 15) is 0 Å². The predicted molar refractivity (Wildman–Crippen MR) is 79.8 cm³/mol. The first-order chi connectivity index (χ1) is 9.62. The van der Waals surface area contributed by atoms with Gasteiger partial charge in [-0.1, -0.05) is 32.9 Å². The molecule has 5 nitrogen and oxygen atoms in total. The number of nitrogen functional groups attached to an aromatic ring is 1. The molecule has 3 N–H and O–H groups in total. The van der Waals surface area contributed by atoms with Crippen LogP contribution in [-0.2, 0) is 6.42 Å². The fourth-order valence-corrected chi connectivity index (χ4v) is 1.78. The zero-order valence-corrected chi connectivity index (χ0v) is 12.1. The SMILES string of the molecule is CCc1cccc(Oc2cc(NN)nc(C(C)C)n2)c1. The Balaban J connectivity index is 2.29. The van der Waals surface area contributed by atoms with Crippen LogP contribution in [0.1, 0.15) is 38.1 Å². The van der Waals surface area contributed by atoms with Crippen LogP contribution in [-0.4, -0.2) is 9.97 Å². The van der Waals surface area contributed by atoms with E-state index < -0.39 is 0 Å². The molecular weight excluding hydrogens is 252 g/mol. The summed E-state index contributed by atoms with van der Waals surface area (Å²) in [5.74, 6) is 8.13. The second-order valence-electron chi connectivity index (χ2n) is 4.85. The lowest BCUT2D eigenvalue weighted by atomic mass is 10.2. The Hall–Kier alpha value is -2.14. The maximum absolute atomic E-state index is 5.81. The molecule has 0 aliphatic carbocycles. The van der Waals surface area contributed by atoms with Crippen molar-refractivity contribution in [1.29, 1.82) is 0 Å². The molecule has 0 amide bonds. The van der Waals surface area contributed by atoms with E-state index in [-0.39, 0.29) is 5.92 Å². The second kappa shape index (κ2) is 6.34. The van der Waals surface area contributed by atoms with E-state index in [1.807, 2.05) is 32.0 Å². The van der Waals surface area contributed by atoms with Crippen LogP contribution in [0.4, 0.5) is 5.82 Å². The normalized spacial score (nSPS) is 10.7. The molecule has 5 heteroatoms. The van der Waals surface area contributed by atoms with Crippen LogP contribution in [0.15, 0.2) is 30.3 Å². The highest BCUT2D eigenvalue weighted by molar-refractivity contribution is 5.40. The molecular formula is C15H20N4O. The minimum absolute atomic E-state index is 0.202. The maximum Gasteiger partial charge on any atom is 0.224 e. The number of nitrogens with one attached hydrogen (secondary N) is 1. The van der Waals surface area contributed by atoms with Crippen LogP contribution in [0.3, 0.4) is 0 Å². The number of benzene rings is 1. The molecule has 106 valence electrons. The number of hydrazine groups is 1. The van der Waals surface area contributed by atoms with Gasteiger partial charge in [0.15, 0.2) is 0 Å². The Morgan fingerprint density at radius 2 is 2.05 bits per heavy atom. The first-order valence-electron chi connectivity index (χ1n) is 6.74. The summed E-state index contributed by atoms with van der Waals surface area (Å²) < 4.78 is 5.81. The minimum Gasteiger partial charge on any atom is -0.439 e. The summed E-state index contributed by atoms with van der Waals surface area (Å²) >= 11 is 0. The summed E-state index contributed by atoms with van der Waals surface area (Å²) in [7, 11) is 0. The number of hydrogen-bond donors (Lipinski definition) is 2. The van der Waals surface area contributed by atoms with Gasteiger partial charge in [-0.05, 0) is 24.1 Å². The van der Waals surface area contributed by atoms with Crippen LogP contribution < -0.4 is 16.0 Å². The van der Waals surface area contributed by atoms with E-state index >= 15 is 0 Å². The van der Waals surface area contributed by atoms with Crippen LogP contribution in [0.2, 0.25) is 0 Å². The Labute approximate surface area is 119 Å². The third kappa shape index (κ3) is 3.45. The quantitative estimate of drug-likeness (QED) is 0.645. The molecule has 0 radical (unpaired) electrons. The van der Waals surface area contributed by atoms with Crippen molar-refractivity contribution in [3.63, 3.8) is 0 Å². The standard InChI is InChI=1S/C15H20N4O/c1-4-11-6-5-7-12(8-11)20-14-9-13(19-16)17-15(18-14)10(2)3/h5-10H,4,16H2,1-3H3,(H,17,18,19). The molecule has 0 spiro atoms. The van der Waals surface area contributed by atoms with Crippen molar-refractivity contribution in [2.24, 2.45) is 5.84 Å². The largest absolute Gasteiger partial charge is 0.439 e. The molecule has 0 saturated carbocycles. The zero-order chi connectivity index (χ0) is 14.5. The van der Waals surface area contributed by atoms with Crippen LogP contribution >= 0.6 is 0 Å². The van der Waals surface area contributed by atoms with Gasteiger partial charge in [0.2, 0.25) is 5.88 Å². The van der Waals surface area contributed by atoms with Gasteiger partial charge in [-0.15, -0.1) is 0 Å². The molecule has 0 unspecified atom stereocenters. The maximum atomic E-state index is 5.81. The van der Waals surface area contributed by atoms with Gasteiger partial charge in [-0.2, -0.15) is 4.98 Å². The summed E-state index contributed by atoms with van der Waals surface area (Å²) in [6, 6.07) is 9.64. The van der Waals surface area contributed by atoms with Crippen molar-refractivity contribution in [1.82, 2.24) is 9.97 Å². The molecule has 2 aromatic rings. The average Bonchev–Trinajstić information content (AvgIpc) is 2.47. The van der Waals surface area contributed by atoms with Gasteiger partial charge < -0.3 is 10.2 Å². The van der Waals surface area contributed by atoms with E-state index in [0.29, 0.717) is 17.5 Å². The summed E-state index contributed by atoms with van der Waals surface area (Å²) in [6.07, 6.45) is 0.966. The number of aromatic nitrogens is 2. The third-order valence-electron chi connectivity index (χ3n) is 2.91. The van der Waals surface area contributed by atoms with Crippen molar-refractivity contribution in [3.05, 3.63) is 41.7 Å². The molecule has 0 aliphatic heterocycles. The molecule has 2 rings (SSSR count). The number of nitrogens with zero attached hydrogens (tertiary/aromatic N) is 2. The fraction of sp³-hybridized carbons (Fsp3) is 0.333. The summed E-state index contributed by atoms with van der Waals surface area (Å²) in [5, 5.41) is 0. The molecule has 0 atom stereocenters. The Morgan fingerprint density at radius 3 is 2.70 bits per heavy atom. The van der Waals surface area contributed by atoms with Crippen LogP contribution in [0, 0.1) is 0 Å². The third-order valence-corrected chi connectivity index (χ3v) is 2.91. The lowest BCUT2D eigenvalue weighted by Crippen LogP contribution is -2.11. The predicted octanol–water partition coefficient (Wildman–Crippen LogP) is 3.24. The highest BCUT2D eigenvalue weighted by Crippen LogP contribution is 2.24. The van der Waals surface area contributed by atoms with Crippen LogP contribution in [0.5, 0.6) is 11.6 Å². The van der Waals surface area contributed by atoms with Crippen LogP contribution in [0.25, 0.3) is 0 Å². The van der Waals surface area contributed by atoms with Crippen molar-refractivity contribution in [2.75, 3.05) is 5.43 Å². The summed E-state index contributed by atoms with van der Waals surface area (Å²) in [6.45, 7) is 6.16. The molecule has 1 aromatic heterocycles. The molecule has 1 aromatic carbocycles. The van der Waals surface area contributed by atoms with Gasteiger partial charge >= 0.3 is 0 Å². The number of rotatable bonds is 5. The topological polar surface area (TPSA) is 73.1 Å². The number of hydrogen-bond acceptors (Lipinski definition) is 5. The number of anilines is 1. The van der Waals surface area contributed by atoms with E-state index in [4.69, 9.17) is 10.6 Å². The van der Waals surface area contributed by atoms with Crippen molar-refractivity contribution >= 4 is 5.82 Å². The molecule has 0 aliphatic rings. The van der Waals surface area contributed by atoms with Gasteiger partial charge in [0, 0.05) is 12.0 Å². The smallest absolute Gasteiger partial charge is 0.224 e. The second-order valence-corrected chi connectivity index (χ2v) is 4.85. The first-order valence-corrected chi connectivity index (χ1v) is 6.74. The monoisotopic (exact) mass is 272 g/mol. The van der Waals surface area contributed by atoms with E-state index in [1.54, 1.807) is 6.07 Å². The minimum atomic E-state index is 0.202. The number of ether oxygens (including phenoxy) is 1. The number of aryl methyl sites for hydroxylation is 1. The van der Waals surface area contributed by atoms with Crippen molar-refractivity contribution in [3.8, 4) is 11.6 Å². The Bertz CT molecular complexity index is 584. The first kappa shape index (κ1) is 14.3. The number of nitrogens with two attached hydrogens (primary N) is 1. The summed E-state index contributed by atoms with van der Waals surface area (Å²) in [5.41, 5.74) is 3.76.